The second kappa shape index (κ2) is 4.42. The third-order valence-corrected chi connectivity index (χ3v) is 2.03. The van der Waals surface area contributed by atoms with Gasteiger partial charge in [0, 0.05) is 13.7 Å². The van der Waals surface area contributed by atoms with Gasteiger partial charge in [0.1, 0.15) is 6.04 Å². The summed E-state index contributed by atoms with van der Waals surface area (Å²) in [4.78, 5) is 10.7. The Balaban J connectivity index is 2.19. The van der Waals surface area contributed by atoms with E-state index in [9.17, 15) is 4.79 Å². The van der Waals surface area contributed by atoms with Gasteiger partial charge in [0.25, 0.3) is 0 Å². The third-order valence-electron chi connectivity index (χ3n) is 2.03. The van der Waals surface area contributed by atoms with Gasteiger partial charge in [0.05, 0.1) is 6.61 Å². The number of hydrogen-bond acceptors (Lipinski definition) is 3. The Bertz CT molecular complexity index is 156. The molecule has 4 nitrogen and oxygen atoms in total. The number of aliphatic carboxylic acids is 1. The third kappa shape index (κ3) is 2.79. The lowest BCUT2D eigenvalue weighted by molar-refractivity contribution is -0.140. The first-order chi connectivity index (χ1) is 5.75. The molecule has 0 aliphatic heterocycles. The maximum atomic E-state index is 10.7. The standard InChI is InChI=1S/C8H15NO3/c1-12-5-4-9-7(8(10)11)6-2-3-6/h6-7,9H,2-5H2,1H3,(H,10,11). The van der Waals surface area contributed by atoms with Gasteiger partial charge in [-0.25, -0.2) is 0 Å². The lowest BCUT2D eigenvalue weighted by atomic mass is 10.2. The molecule has 0 spiro atoms. The summed E-state index contributed by atoms with van der Waals surface area (Å²) in [6.45, 7) is 1.18. The molecule has 1 atom stereocenters. The van der Waals surface area contributed by atoms with E-state index in [0.717, 1.165) is 12.8 Å². The van der Waals surface area contributed by atoms with Crippen molar-refractivity contribution < 1.29 is 14.6 Å². The van der Waals surface area contributed by atoms with E-state index in [2.05, 4.69) is 5.32 Å². The molecule has 1 unspecified atom stereocenters. The molecule has 1 saturated carbocycles. The molecule has 1 rings (SSSR count). The van der Waals surface area contributed by atoms with Crippen molar-refractivity contribution in [3.05, 3.63) is 0 Å². The quantitative estimate of drug-likeness (QED) is 0.559. The molecule has 0 radical (unpaired) electrons. The Hall–Kier alpha value is -0.610. The van der Waals surface area contributed by atoms with Crippen LogP contribution in [0, 0.1) is 5.92 Å². The normalized spacial score (nSPS) is 19.1. The molecular formula is C8H15NO3. The fraction of sp³-hybridized carbons (Fsp3) is 0.875. The van der Waals surface area contributed by atoms with Crippen molar-refractivity contribution in [1.29, 1.82) is 0 Å². The average molecular weight is 173 g/mol. The second-order valence-electron chi connectivity index (χ2n) is 3.10. The van der Waals surface area contributed by atoms with Gasteiger partial charge in [-0.3, -0.25) is 4.79 Å². The van der Waals surface area contributed by atoms with E-state index >= 15 is 0 Å². The molecule has 0 aromatic rings. The van der Waals surface area contributed by atoms with Gasteiger partial charge >= 0.3 is 5.97 Å². The first-order valence-electron chi connectivity index (χ1n) is 4.21. The molecule has 1 fully saturated rings. The zero-order chi connectivity index (χ0) is 8.97. The molecule has 0 aromatic heterocycles. The van der Waals surface area contributed by atoms with Crippen molar-refractivity contribution in [2.24, 2.45) is 5.92 Å². The van der Waals surface area contributed by atoms with Crippen LogP contribution in [0.5, 0.6) is 0 Å². The highest BCUT2D eigenvalue weighted by Gasteiger charge is 2.35. The molecule has 0 heterocycles. The van der Waals surface area contributed by atoms with E-state index in [0.29, 0.717) is 19.1 Å². The van der Waals surface area contributed by atoms with Crippen molar-refractivity contribution in [2.45, 2.75) is 18.9 Å². The predicted molar refractivity (Wildman–Crippen MR) is 44.0 cm³/mol. The maximum absolute atomic E-state index is 10.7. The number of nitrogens with one attached hydrogen (secondary N) is 1. The molecular weight excluding hydrogens is 158 g/mol. The molecule has 0 amide bonds. The fourth-order valence-corrected chi connectivity index (χ4v) is 1.20. The molecule has 1 aliphatic rings. The lowest BCUT2D eigenvalue weighted by Gasteiger charge is -2.12. The van der Waals surface area contributed by atoms with Crippen LogP contribution in [0.4, 0.5) is 0 Å². The van der Waals surface area contributed by atoms with Crippen molar-refractivity contribution in [2.75, 3.05) is 20.3 Å². The van der Waals surface area contributed by atoms with Crippen LogP contribution in [-0.2, 0) is 9.53 Å². The van der Waals surface area contributed by atoms with Crippen LogP contribution in [0.25, 0.3) is 0 Å². The molecule has 1 aliphatic carbocycles. The van der Waals surface area contributed by atoms with Crippen LogP contribution >= 0.6 is 0 Å². The highest BCUT2D eigenvalue weighted by molar-refractivity contribution is 5.74. The summed E-state index contributed by atoms with van der Waals surface area (Å²) in [5, 5.41) is 11.7. The van der Waals surface area contributed by atoms with Crippen LogP contribution in [0.3, 0.4) is 0 Å². The Morgan fingerprint density at radius 1 is 1.75 bits per heavy atom. The molecule has 4 heteroatoms. The average Bonchev–Trinajstić information content (AvgIpc) is 2.80. The highest BCUT2D eigenvalue weighted by Crippen LogP contribution is 2.32. The van der Waals surface area contributed by atoms with Crippen LogP contribution < -0.4 is 5.32 Å². The van der Waals surface area contributed by atoms with Crippen molar-refractivity contribution in [3.8, 4) is 0 Å². The van der Waals surface area contributed by atoms with Gasteiger partial charge in [-0.05, 0) is 18.8 Å². The van der Waals surface area contributed by atoms with Gasteiger partial charge < -0.3 is 15.2 Å². The fourth-order valence-electron chi connectivity index (χ4n) is 1.20. The lowest BCUT2D eigenvalue weighted by Crippen LogP contribution is -2.40. The minimum atomic E-state index is -0.742. The van der Waals surface area contributed by atoms with Gasteiger partial charge in [0.2, 0.25) is 0 Å². The summed E-state index contributed by atoms with van der Waals surface area (Å²) in [7, 11) is 1.61. The Morgan fingerprint density at radius 3 is 2.83 bits per heavy atom. The largest absolute Gasteiger partial charge is 0.480 e. The maximum Gasteiger partial charge on any atom is 0.320 e. The number of methoxy groups -OCH3 is 1. The topological polar surface area (TPSA) is 58.6 Å². The summed E-state index contributed by atoms with van der Waals surface area (Å²) >= 11 is 0. The van der Waals surface area contributed by atoms with Crippen molar-refractivity contribution in [1.82, 2.24) is 5.32 Å². The number of carbonyl (C=O) groups is 1. The monoisotopic (exact) mass is 173 g/mol. The highest BCUT2D eigenvalue weighted by atomic mass is 16.5. The van der Waals surface area contributed by atoms with Crippen LogP contribution in [0.15, 0.2) is 0 Å². The number of carboxylic acids is 1. The Labute approximate surface area is 71.9 Å². The molecule has 2 N–H and O–H groups in total. The van der Waals surface area contributed by atoms with E-state index in [-0.39, 0.29) is 6.04 Å². The zero-order valence-corrected chi connectivity index (χ0v) is 7.25. The number of hydrogen-bond donors (Lipinski definition) is 2. The molecule has 0 bridgehead atoms. The number of carboxylic acid groups (broad SMARTS) is 1. The number of ether oxygens (including phenoxy) is 1. The zero-order valence-electron chi connectivity index (χ0n) is 7.25. The van der Waals surface area contributed by atoms with Gasteiger partial charge in [-0.2, -0.15) is 0 Å². The van der Waals surface area contributed by atoms with Crippen LogP contribution in [-0.4, -0.2) is 37.4 Å². The molecule has 12 heavy (non-hydrogen) atoms. The Morgan fingerprint density at radius 2 is 2.42 bits per heavy atom. The summed E-state index contributed by atoms with van der Waals surface area (Å²) in [6.07, 6.45) is 2.08. The first-order valence-corrected chi connectivity index (χ1v) is 4.21. The summed E-state index contributed by atoms with van der Waals surface area (Å²) in [5.41, 5.74) is 0. The molecule has 0 saturated heterocycles. The van der Waals surface area contributed by atoms with Gasteiger partial charge in [-0.15, -0.1) is 0 Å². The first kappa shape index (κ1) is 9.48. The van der Waals surface area contributed by atoms with Crippen molar-refractivity contribution >= 4 is 5.97 Å². The van der Waals surface area contributed by atoms with Crippen LogP contribution in [0.2, 0.25) is 0 Å². The summed E-state index contributed by atoms with van der Waals surface area (Å²) < 4.78 is 4.82. The summed E-state index contributed by atoms with van der Waals surface area (Å²) in [6, 6.07) is -0.361. The van der Waals surface area contributed by atoms with Crippen LogP contribution in [0.1, 0.15) is 12.8 Å². The summed E-state index contributed by atoms with van der Waals surface area (Å²) in [5.74, 6) is -0.395. The van der Waals surface area contributed by atoms with E-state index in [1.54, 1.807) is 7.11 Å². The van der Waals surface area contributed by atoms with Gasteiger partial charge in [-0.1, -0.05) is 0 Å². The second-order valence-corrected chi connectivity index (χ2v) is 3.10. The van der Waals surface area contributed by atoms with Gasteiger partial charge in [0.15, 0.2) is 0 Å². The molecule has 70 valence electrons. The Kier molecular flexibility index (Phi) is 3.49. The number of rotatable bonds is 6. The van der Waals surface area contributed by atoms with E-state index < -0.39 is 5.97 Å². The smallest absolute Gasteiger partial charge is 0.320 e. The predicted octanol–water partition coefficient (Wildman–Crippen LogP) is 0.0856. The SMILES string of the molecule is COCCNC(C(=O)O)C1CC1. The minimum Gasteiger partial charge on any atom is -0.480 e. The van der Waals surface area contributed by atoms with E-state index in [4.69, 9.17) is 9.84 Å². The van der Waals surface area contributed by atoms with Crippen molar-refractivity contribution in [3.63, 3.8) is 0 Å². The van der Waals surface area contributed by atoms with E-state index in [1.165, 1.54) is 0 Å². The molecule has 0 aromatic carbocycles. The minimum absolute atomic E-state index is 0.347. The van der Waals surface area contributed by atoms with E-state index in [1.807, 2.05) is 0 Å².